The topological polar surface area (TPSA) is 81.4 Å². The maximum Gasteiger partial charge on any atom is 0.261 e. The van der Waals surface area contributed by atoms with Gasteiger partial charge in [-0.1, -0.05) is 0 Å². The van der Waals surface area contributed by atoms with Crippen molar-refractivity contribution >= 4 is 10.0 Å². The Bertz CT molecular complexity index is 581. The van der Waals surface area contributed by atoms with Crippen LogP contribution in [0.1, 0.15) is 5.56 Å². The van der Waals surface area contributed by atoms with Gasteiger partial charge in [-0.05, 0) is 12.1 Å². The van der Waals surface area contributed by atoms with Gasteiger partial charge in [-0.3, -0.25) is 0 Å². The number of sulfonamides is 1. The van der Waals surface area contributed by atoms with E-state index in [1.165, 1.54) is 0 Å². The van der Waals surface area contributed by atoms with Gasteiger partial charge < -0.3 is 10.5 Å². The molecule has 0 aromatic heterocycles. The molecular weight excluding hydrogens is 316 g/mol. The molecule has 0 aliphatic heterocycles. The first-order chi connectivity index (χ1) is 9.79. The first-order valence-electron chi connectivity index (χ1n) is 5.82. The van der Waals surface area contributed by atoms with Crippen molar-refractivity contribution in [2.45, 2.75) is 17.9 Å². The molecule has 10 heteroatoms. The zero-order valence-electron chi connectivity index (χ0n) is 10.8. The molecular formula is C11H14F4N2O3S. The molecule has 0 saturated carbocycles. The molecule has 0 saturated heterocycles. The van der Waals surface area contributed by atoms with Crippen LogP contribution < -0.4 is 10.5 Å². The van der Waals surface area contributed by atoms with E-state index in [-0.39, 0.29) is 13.2 Å². The van der Waals surface area contributed by atoms with Crippen LogP contribution in [0.2, 0.25) is 0 Å². The largest absolute Gasteiger partial charge is 0.374 e. The molecule has 1 aromatic rings. The van der Waals surface area contributed by atoms with Crippen LogP contribution in [0.3, 0.4) is 0 Å². The van der Waals surface area contributed by atoms with Crippen LogP contribution in [0.4, 0.5) is 17.6 Å². The molecule has 0 bridgehead atoms. The summed E-state index contributed by atoms with van der Waals surface area (Å²) in [5.41, 5.74) is 4.60. The zero-order valence-corrected chi connectivity index (χ0v) is 11.6. The van der Waals surface area contributed by atoms with Gasteiger partial charge in [0.15, 0.2) is 5.82 Å². The third kappa shape index (κ3) is 4.92. The van der Waals surface area contributed by atoms with E-state index >= 15 is 0 Å². The van der Waals surface area contributed by atoms with Crippen molar-refractivity contribution in [3.8, 4) is 0 Å². The van der Waals surface area contributed by atoms with Crippen molar-refractivity contribution in [3.63, 3.8) is 0 Å². The highest BCUT2D eigenvalue weighted by atomic mass is 32.2. The van der Waals surface area contributed by atoms with Crippen LogP contribution in [-0.2, 0) is 21.3 Å². The maximum atomic E-state index is 13.8. The van der Waals surface area contributed by atoms with Gasteiger partial charge in [0.25, 0.3) is 6.43 Å². The van der Waals surface area contributed by atoms with Gasteiger partial charge in [0.05, 0.1) is 6.61 Å². The van der Waals surface area contributed by atoms with Crippen molar-refractivity contribution in [3.05, 3.63) is 29.3 Å². The number of benzene rings is 1. The fourth-order valence-electron chi connectivity index (χ4n) is 1.47. The molecule has 3 N–H and O–H groups in total. The van der Waals surface area contributed by atoms with Crippen LogP contribution in [0.15, 0.2) is 17.0 Å². The lowest BCUT2D eigenvalue weighted by Crippen LogP contribution is -2.29. The average molecular weight is 330 g/mol. The van der Waals surface area contributed by atoms with Crippen molar-refractivity contribution in [2.24, 2.45) is 5.73 Å². The van der Waals surface area contributed by atoms with Crippen LogP contribution in [0.25, 0.3) is 0 Å². The van der Waals surface area contributed by atoms with Gasteiger partial charge in [0, 0.05) is 18.7 Å². The number of alkyl halides is 2. The number of nitrogens with one attached hydrogen (secondary N) is 1. The van der Waals surface area contributed by atoms with E-state index in [1.807, 2.05) is 4.72 Å². The van der Waals surface area contributed by atoms with Crippen molar-refractivity contribution in [2.75, 3.05) is 19.8 Å². The number of hydrogen-bond donors (Lipinski definition) is 2. The highest BCUT2D eigenvalue weighted by molar-refractivity contribution is 7.89. The Morgan fingerprint density at radius 1 is 1.29 bits per heavy atom. The number of ether oxygens (including phenoxy) is 1. The van der Waals surface area contributed by atoms with E-state index in [1.54, 1.807) is 0 Å². The van der Waals surface area contributed by atoms with Gasteiger partial charge in [-0.15, -0.1) is 0 Å². The Balaban J connectivity index is 2.75. The predicted molar refractivity (Wildman–Crippen MR) is 66.3 cm³/mol. The fourth-order valence-corrected chi connectivity index (χ4v) is 2.58. The molecule has 0 radical (unpaired) electrons. The Morgan fingerprint density at radius 2 is 1.95 bits per heavy atom. The molecule has 0 amide bonds. The predicted octanol–water partition coefficient (Wildman–Crippen LogP) is 0.983. The lowest BCUT2D eigenvalue weighted by atomic mass is 10.2. The highest BCUT2D eigenvalue weighted by Crippen LogP contribution is 2.20. The first kappa shape index (κ1) is 17.8. The summed E-state index contributed by atoms with van der Waals surface area (Å²) < 4.78 is 80.7. The monoisotopic (exact) mass is 330 g/mol. The van der Waals surface area contributed by atoms with Gasteiger partial charge in [-0.25, -0.2) is 30.7 Å². The molecule has 0 aliphatic rings. The van der Waals surface area contributed by atoms with Crippen LogP contribution >= 0.6 is 0 Å². The van der Waals surface area contributed by atoms with Gasteiger partial charge in [0.1, 0.15) is 17.3 Å². The van der Waals surface area contributed by atoms with E-state index in [0.29, 0.717) is 0 Å². The highest BCUT2D eigenvalue weighted by Gasteiger charge is 2.22. The minimum absolute atomic E-state index is 0.309. The van der Waals surface area contributed by atoms with E-state index in [2.05, 4.69) is 4.74 Å². The summed E-state index contributed by atoms with van der Waals surface area (Å²) in [6.45, 7) is -1.97. The van der Waals surface area contributed by atoms with Gasteiger partial charge in [-0.2, -0.15) is 0 Å². The van der Waals surface area contributed by atoms with Crippen LogP contribution in [-0.4, -0.2) is 34.6 Å². The molecule has 21 heavy (non-hydrogen) atoms. The third-order valence-electron chi connectivity index (χ3n) is 2.43. The second kappa shape index (κ2) is 7.69. The summed E-state index contributed by atoms with van der Waals surface area (Å²) in [4.78, 5) is -0.766. The average Bonchev–Trinajstić information content (AvgIpc) is 2.38. The third-order valence-corrected chi connectivity index (χ3v) is 3.91. The summed E-state index contributed by atoms with van der Waals surface area (Å²) in [5, 5.41) is 0. The molecule has 0 atom stereocenters. The molecule has 0 aliphatic carbocycles. The summed E-state index contributed by atoms with van der Waals surface area (Å²) in [6.07, 6.45) is -2.66. The number of nitrogens with two attached hydrogens (primary N) is 1. The summed E-state index contributed by atoms with van der Waals surface area (Å²) in [6, 6.07) is 1.54. The lowest BCUT2D eigenvalue weighted by molar-refractivity contribution is 0.0199. The van der Waals surface area contributed by atoms with E-state index in [0.717, 1.165) is 12.1 Å². The molecule has 120 valence electrons. The van der Waals surface area contributed by atoms with Crippen LogP contribution in [0, 0.1) is 11.6 Å². The fraction of sp³-hybridized carbons (Fsp3) is 0.455. The molecule has 5 nitrogen and oxygen atoms in total. The Labute approximate surface area is 119 Å². The lowest BCUT2D eigenvalue weighted by Gasteiger charge is -2.10. The van der Waals surface area contributed by atoms with E-state index in [4.69, 9.17) is 5.73 Å². The quantitative estimate of drug-likeness (QED) is 0.550. The summed E-state index contributed by atoms with van der Waals surface area (Å²) in [7, 11) is -4.26. The molecule has 0 fully saturated rings. The molecule has 0 unspecified atom stereocenters. The molecule has 1 rings (SSSR count). The molecule has 0 heterocycles. The Hall–Kier alpha value is -1.23. The second-order valence-corrected chi connectivity index (χ2v) is 5.64. The molecule has 1 aromatic carbocycles. The van der Waals surface area contributed by atoms with Crippen molar-refractivity contribution in [1.29, 1.82) is 0 Å². The van der Waals surface area contributed by atoms with E-state index < -0.39 is 51.7 Å². The van der Waals surface area contributed by atoms with Crippen molar-refractivity contribution in [1.82, 2.24) is 4.72 Å². The number of hydrogen-bond acceptors (Lipinski definition) is 4. The molecule has 0 spiro atoms. The maximum absolute atomic E-state index is 13.8. The first-order valence-corrected chi connectivity index (χ1v) is 7.30. The van der Waals surface area contributed by atoms with Crippen LogP contribution in [0.5, 0.6) is 0 Å². The van der Waals surface area contributed by atoms with Gasteiger partial charge in [0.2, 0.25) is 10.0 Å². The van der Waals surface area contributed by atoms with Gasteiger partial charge >= 0.3 is 0 Å². The smallest absolute Gasteiger partial charge is 0.261 e. The number of halogens is 4. The summed E-state index contributed by atoms with van der Waals surface area (Å²) in [5.74, 6) is -2.23. The minimum Gasteiger partial charge on any atom is -0.374 e. The summed E-state index contributed by atoms with van der Waals surface area (Å²) >= 11 is 0. The standard InChI is InChI=1S/C11H14F4N2O3S/c12-8-1-2-9(11(15)7(8)5-16)21(18,19)17-3-4-20-6-10(13)14/h1-2,10,17H,3-6,16H2. The Kier molecular flexibility index (Phi) is 6.52. The zero-order chi connectivity index (χ0) is 16.0. The van der Waals surface area contributed by atoms with Crippen molar-refractivity contribution < 1.29 is 30.7 Å². The minimum atomic E-state index is -4.26. The van der Waals surface area contributed by atoms with E-state index in [9.17, 15) is 26.0 Å². The second-order valence-electron chi connectivity index (χ2n) is 3.91. The SMILES string of the molecule is NCc1c(F)ccc(S(=O)(=O)NCCOCC(F)F)c1F. The number of rotatable bonds is 8. The normalized spacial score (nSPS) is 12.1. The Morgan fingerprint density at radius 3 is 2.52 bits per heavy atom.